The second kappa shape index (κ2) is 7.08. The van der Waals surface area contributed by atoms with Crippen LogP contribution in [0.3, 0.4) is 0 Å². The Labute approximate surface area is 128 Å². The molecule has 0 aliphatic rings. The zero-order chi connectivity index (χ0) is 15.9. The molecule has 0 radical (unpaired) electrons. The number of benzene rings is 2. The van der Waals surface area contributed by atoms with Gasteiger partial charge in [-0.2, -0.15) is 0 Å². The van der Waals surface area contributed by atoms with E-state index in [4.69, 9.17) is 11.5 Å². The average molecular weight is 295 g/mol. The van der Waals surface area contributed by atoms with Gasteiger partial charge >= 0.3 is 0 Å². The van der Waals surface area contributed by atoms with Gasteiger partial charge in [0.1, 0.15) is 0 Å². The number of carbonyl (C=O) groups excluding carboxylic acids is 2. The zero-order valence-electron chi connectivity index (χ0n) is 12.0. The van der Waals surface area contributed by atoms with Gasteiger partial charge < -0.3 is 16.8 Å². The van der Waals surface area contributed by atoms with Crippen LogP contribution in [0.15, 0.2) is 60.2 Å². The van der Waals surface area contributed by atoms with Crippen molar-refractivity contribution in [1.29, 1.82) is 0 Å². The van der Waals surface area contributed by atoms with Gasteiger partial charge in [0, 0.05) is 16.9 Å². The van der Waals surface area contributed by atoms with Gasteiger partial charge in [0.15, 0.2) is 0 Å². The van der Waals surface area contributed by atoms with E-state index in [1.54, 1.807) is 6.08 Å². The Balaban J connectivity index is 2.14. The van der Waals surface area contributed by atoms with Crippen molar-refractivity contribution in [3.63, 3.8) is 0 Å². The number of primary amides is 2. The van der Waals surface area contributed by atoms with Crippen molar-refractivity contribution >= 4 is 29.3 Å². The molecule has 0 atom stereocenters. The van der Waals surface area contributed by atoms with Gasteiger partial charge in [-0.1, -0.05) is 30.3 Å². The fraction of sp³-hybridized carbons (Fsp3) is 0.0588. The molecule has 0 bridgehead atoms. The fourth-order valence-corrected chi connectivity index (χ4v) is 1.95. The van der Waals surface area contributed by atoms with Crippen molar-refractivity contribution in [3.05, 3.63) is 65.7 Å². The number of rotatable bonds is 6. The summed E-state index contributed by atoms with van der Waals surface area (Å²) in [5.74, 6) is -1.24. The van der Waals surface area contributed by atoms with Crippen LogP contribution in [-0.4, -0.2) is 11.8 Å². The van der Waals surface area contributed by atoms with Crippen LogP contribution < -0.4 is 16.8 Å². The topological polar surface area (TPSA) is 98.2 Å². The minimum atomic E-state index is -0.648. The summed E-state index contributed by atoms with van der Waals surface area (Å²) < 4.78 is 0. The standard InChI is InChI=1S/C17H17N3O2/c18-16(21)11-13(17(19)22)10-12-6-8-15(9-7-12)20-14-4-2-1-3-5-14/h1-10,20H,11H2,(H2,18,21)(H2,19,22). The average Bonchev–Trinajstić information content (AvgIpc) is 2.49. The Morgan fingerprint density at radius 2 is 1.50 bits per heavy atom. The number of hydrogen-bond donors (Lipinski definition) is 3. The van der Waals surface area contributed by atoms with E-state index in [0.29, 0.717) is 0 Å². The highest BCUT2D eigenvalue weighted by Crippen LogP contribution is 2.18. The monoisotopic (exact) mass is 295 g/mol. The Bertz CT molecular complexity index is 692. The maximum atomic E-state index is 11.3. The highest BCUT2D eigenvalue weighted by Gasteiger charge is 2.08. The smallest absolute Gasteiger partial charge is 0.245 e. The van der Waals surface area contributed by atoms with E-state index in [-0.39, 0.29) is 12.0 Å². The minimum absolute atomic E-state index is 0.167. The highest BCUT2D eigenvalue weighted by atomic mass is 16.2. The first-order chi connectivity index (χ1) is 10.5. The van der Waals surface area contributed by atoms with E-state index in [9.17, 15) is 9.59 Å². The number of amides is 2. The zero-order valence-corrected chi connectivity index (χ0v) is 12.0. The first-order valence-corrected chi connectivity index (χ1v) is 6.75. The Morgan fingerprint density at radius 1 is 0.909 bits per heavy atom. The van der Waals surface area contributed by atoms with E-state index in [1.165, 1.54) is 0 Å². The number of para-hydroxylation sites is 1. The van der Waals surface area contributed by atoms with Crippen molar-refractivity contribution in [2.75, 3.05) is 5.32 Å². The summed E-state index contributed by atoms with van der Waals surface area (Å²) in [5, 5.41) is 3.25. The van der Waals surface area contributed by atoms with Crippen molar-refractivity contribution in [1.82, 2.24) is 0 Å². The lowest BCUT2D eigenvalue weighted by Crippen LogP contribution is -2.20. The van der Waals surface area contributed by atoms with E-state index in [1.807, 2.05) is 54.6 Å². The maximum absolute atomic E-state index is 11.3. The summed E-state index contributed by atoms with van der Waals surface area (Å²) in [7, 11) is 0. The number of nitrogens with one attached hydrogen (secondary N) is 1. The third-order valence-electron chi connectivity index (χ3n) is 3.00. The van der Waals surface area contributed by atoms with E-state index < -0.39 is 11.8 Å². The predicted molar refractivity (Wildman–Crippen MR) is 87.1 cm³/mol. The number of carbonyl (C=O) groups is 2. The Morgan fingerprint density at radius 3 is 2.05 bits per heavy atom. The van der Waals surface area contributed by atoms with Crippen LogP contribution >= 0.6 is 0 Å². The van der Waals surface area contributed by atoms with Gasteiger partial charge in [0.25, 0.3) is 0 Å². The molecule has 0 heterocycles. The van der Waals surface area contributed by atoms with Crippen molar-refractivity contribution < 1.29 is 9.59 Å². The summed E-state index contributed by atoms with van der Waals surface area (Å²) in [4.78, 5) is 22.2. The molecule has 0 aromatic heterocycles. The molecule has 0 saturated heterocycles. The molecule has 112 valence electrons. The first kappa shape index (κ1) is 15.3. The molecule has 2 rings (SSSR count). The van der Waals surface area contributed by atoms with Crippen LogP contribution in [0.25, 0.3) is 6.08 Å². The Kier molecular flexibility index (Phi) is 4.93. The molecule has 0 fully saturated rings. The van der Waals surface area contributed by atoms with Gasteiger partial charge in [-0.3, -0.25) is 9.59 Å². The molecule has 5 heteroatoms. The molecule has 22 heavy (non-hydrogen) atoms. The molecule has 2 aromatic carbocycles. The van der Waals surface area contributed by atoms with Gasteiger partial charge in [-0.05, 0) is 35.9 Å². The van der Waals surface area contributed by atoms with Crippen LogP contribution in [0.4, 0.5) is 11.4 Å². The quantitative estimate of drug-likeness (QED) is 0.712. The maximum Gasteiger partial charge on any atom is 0.245 e. The molecule has 0 spiro atoms. The van der Waals surface area contributed by atoms with Crippen molar-refractivity contribution in [2.24, 2.45) is 11.5 Å². The number of hydrogen-bond acceptors (Lipinski definition) is 3. The molecule has 5 nitrogen and oxygen atoms in total. The molecule has 5 N–H and O–H groups in total. The lowest BCUT2D eigenvalue weighted by molar-refractivity contribution is -0.120. The SMILES string of the molecule is NC(=O)CC(=Cc1ccc(Nc2ccccc2)cc1)C(N)=O. The Hall–Kier alpha value is -3.08. The lowest BCUT2D eigenvalue weighted by atomic mass is 10.1. The van der Waals surface area contributed by atoms with Gasteiger partial charge in [0.2, 0.25) is 11.8 Å². The molecule has 0 aliphatic carbocycles. The van der Waals surface area contributed by atoms with Gasteiger partial charge in [-0.25, -0.2) is 0 Å². The highest BCUT2D eigenvalue weighted by molar-refractivity contribution is 6.01. The van der Waals surface area contributed by atoms with E-state index in [2.05, 4.69) is 5.32 Å². The van der Waals surface area contributed by atoms with Crippen LogP contribution in [0.1, 0.15) is 12.0 Å². The minimum Gasteiger partial charge on any atom is -0.369 e. The lowest BCUT2D eigenvalue weighted by Gasteiger charge is -2.07. The molecule has 2 aromatic rings. The van der Waals surface area contributed by atoms with Crippen molar-refractivity contribution in [2.45, 2.75) is 6.42 Å². The van der Waals surface area contributed by atoms with Crippen LogP contribution in [0.2, 0.25) is 0 Å². The molecular formula is C17H17N3O2. The van der Waals surface area contributed by atoms with Gasteiger partial charge in [-0.15, -0.1) is 0 Å². The van der Waals surface area contributed by atoms with Crippen LogP contribution in [0, 0.1) is 0 Å². The summed E-state index contributed by atoms with van der Waals surface area (Å²) in [6, 6.07) is 17.2. The second-order valence-corrected chi connectivity index (χ2v) is 4.79. The third-order valence-corrected chi connectivity index (χ3v) is 3.00. The fourth-order valence-electron chi connectivity index (χ4n) is 1.95. The molecular weight excluding hydrogens is 278 g/mol. The normalized spacial score (nSPS) is 11.0. The summed E-state index contributed by atoms with van der Waals surface area (Å²) >= 11 is 0. The summed E-state index contributed by atoms with van der Waals surface area (Å²) in [6.07, 6.45) is 1.40. The molecule has 0 unspecified atom stereocenters. The van der Waals surface area contributed by atoms with Crippen LogP contribution in [0.5, 0.6) is 0 Å². The largest absolute Gasteiger partial charge is 0.369 e. The first-order valence-electron chi connectivity index (χ1n) is 6.75. The summed E-state index contributed by atoms with van der Waals surface area (Å²) in [5.41, 5.74) is 13.2. The third kappa shape index (κ3) is 4.49. The van der Waals surface area contributed by atoms with Gasteiger partial charge in [0.05, 0.1) is 6.42 Å². The van der Waals surface area contributed by atoms with E-state index >= 15 is 0 Å². The predicted octanol–water partition coefficient (Wildman–Crippen LogP) is 2.17. The summed E-state index contributed by atoms with van der Waals surface area (Å²) in [6.45, 7) is 0. The molecule has 0 saturated carbocycles. The second-order valence-electron chi connectivity index (χ2n) is 4.79. The van der Waals surface area contributed by atoms with E-state index in [0.717, 1.165) is 16.9 Å². The molecule has 0 aliphatic heterocycles. The number of nitrogens with two attached hydrogens (primary N) is 2. The molecule has 2 amide bonds. The van der Waals surface area contributed by atoms with Crippen LogP contribution in [-0.2, 0) is 9.59 Å². The number of anilines is 2. The van der Waals surface area contributed by atoms with Crippen molar-refractivity contribution in [3.8, 4) is 0 Å².